The van der Waals surface area contributed by atoms with Gasteiger partial charge >= 0.3 is 35.0 Å². The van der Waals surface area contributed by atoms with Crippen LogP contribution in [0.5, 0.6) is 0 Å². The fourth-order valence-electron chi connectivity index (χ4n) is 0. The van der Waals surface area contributed by atoms with Crippen LogP contribution in [0.4, 0.5) is 0 Å². The topological polar surface area (TPSA) is 100 Å². The monoisotopic (exact) mass is 304 g/mol. The first kappa shape index (κ1) is 22.6. The zero-order chi connectivity index (χ0) is 10.8. The number of halogens is 2. The van der Waals surface area contributed by atoms with Crippen LogP contribution >= 0.6 is 19.1 Å². The minimum atomic E-state index is -0.106. The molecule has 0 fully saturated rings. The Labute approximate surface area is 86.9 Å². The molecule has 0 N–H and O–H groups in total. The Bertz CT molecular complexity index is 121. The van der Waals surface area contributed by atoms with Crippen molar-refractivity contribution in [2.75, 3.05) is 0 Å². The molecule has 0 rings (SSSR count). The van der Waals surface area contributed by atoms with E-state index in [9.17, 15) is 0 Å². The van der Waals surface area contributed by atoms with Gasteiger partial charge in [-0.25, -0.2) is 0 Å². The summed E-state index contributed by atoms with van der Waals surface area (Å²) in [5.41, 5.74) is 0. The van der Waals surface area contributed by atoms with Crippen molar-refractivity contribution in [2.45, 2.75) is 13.8 Å². The van der Waals surface area contributed by atoms with Gasteiger partial charge in [0.15, 0.2) is 0 Å². The quantitative estimate of drug-likeness (QED) is 0.390. The van der Waals surface area contributed by atoms with E-state index in [1.807, 2.05) is 0 Å². The van der Waals surface area contributed by atoms with Crippen molar-refractivity contribution in [1.82, 2.24) is 0 Å². The second-order valence-corrected chi connectivity index (χ2v) is 2.93. The average Bonchev–Trinajstić information content (AvgIpc) is 1.92. The molecule has 0 amide bonds. The molecule has 0 heterocycles. The summed E-state index contributed by atoms with van der Waals surface area (Å²) < 4.78 is 0. The molecule has 0 aromatic rings. The minimum absolute atomic E-state index is 0.106. The van der Waals surface area contributed by atoms with Gasteiger partial charge in [-0.1, -0.05) is 0 Å². The standard InChI is InChI=1S/2C2H3N.2ClH.HNO2.Pd/c2*1-2-3;;;2-1-3;/h2*1H3;2*1H;(H,2,3);/q;;;;;+2/p-3. The Hall–Kier alpha value is -0.378. The molecule has 0 aromatic carbocycles. The second-order valence-electron chi connectivity index (χ2n) is 0.567. The molecule has 12 heavy (non-hydrogen) atoms. The molecule has 0 unspecified atom stereocenters. The van der Waals surface area contributed by atoms with Crippen LogP contribution in [-0.4, -0.2) is 0 Å². The van der Waals surface area contributed by atoms with Crippen LogP contribution in [0.3, 0.4) is 0 Å². The van der Waals surface area contributed by atoms with Gasteiger partial charge in [-0.3, -0.25) is 0 Å². The Kier molecular flexibility index (Phi) is 141. The molecule has 5 nitrogen and oxygen atoms in total. The molecule has 0 bridgehead atoms. The maximum atomic E-state index is 8.00. The first-order valence-corrected chi connectivity index (χ1v) is 6.06. The fraction of sp³-hybridized carbons (Fsp3) is 0.500. The molecular weight excluding hydrogens is 299 g/mol. The summed E-state index contributed by atoms with van der Waals surface area (Å²) in [6.07, 6.45) is 0. The number of hydrogen-bond donors (Lipinski definition) is 0. The number of nitriles is 2. The first-order chi connectivity index (χ1) is 5.66. The van der Waals surface area contributed by atoms with Crippen molar-refractivity contribution in [3.8, 4) is 12.1 Å². The number of hydrogen-bond acceptors (Lipinski definition) is 5. The van der Waals surface area contributed by atoms with Crippen LogP contribution in [0, 0.1) is 32.8 Å². The van der Waals surface area contributed by atoms with Crippen LogP contribution in [0.2, 0.25) is 0 Å². The van der Waals surface area contributed by atoms with Crippen molar-refractivity contribution in [3.05, 3.63) is 10.1 Å². The van der Waals surface area contributed by atoms with E-state index in [0.29, 0.717) is 0 Å². The summed E-state index contributed by atoms with van der Waals surface area (Å²) in [6.45, 7) is 2.86. The van der Waals surface area contributed by atoms with Gasteiger partial charge in [0, 0.05) is 13.8 Å². The second kappa shape index (κ2) is 75.0. The first-order valence-electron chi connectivity index (χ1n) is 2.05. The Morgan fingerprint density at radius 3 is 1.33 bits per heavy atom. The molecule has 0 spiro atoms. The zero-order valence-electron chi connectivity index (χ0n) is 6.23. The Morgan fingerprint density at radius 1 is 1.33 bits per heavy atom. The predicted octanol–water partition coefficient (Wildman–Crippen LogP) is 2.69. The van der Waals surface area contributed by atoms with Crippen molar-refractivity contribution >= 4 is 19.1 Å². The van der Waals surface area contributed by atoms with E-state index in [2.05, 4.69) is 0 Å². The van der Waals surface area contributed by atoms with Crippen molar-refractivity contribution in [1.29, 1.82) is 10.5 Å². The summed E-state index contributed by atoms with van der Waals surface area (Å²) in [6, 6.07) is 3.50. The molecule has 0 aliphatic heterocycles. The molecule has 0 saturated carbocycles. The zero-order valence-corrected chi connectivity index (χ0v) is 9.30. The van der Waals surface area contributed by atoms with Crippen LogP contribution in [-0.2, 0) is 15.9 Å². The fourth-order valence-corrected chi connectivity index (χ4v) is 0. The summed E-state index contributed by atoms with van der Waals surface area (Å²) in [5, 5.41) is 23.6. The molecule has 0 aliphatic rings. The molecule has 74 valence electrons. The number of rotatable bonds is 0. The van der Waals surface area contributed by atoms with Crippen LogP contribution < -0.4 is 0 Å². The van der Waals surface area contributed by atoms with Crippen molar-refractivity contribution in [2.24, 2.45) is 5.34 Å². The SMILES string of the molecule is CC#N.CC#N.O=N[O-].[Cl][Pd][Cl]. The molecule has 0 saturated heterocycles. The van der Waals surface area contributed by atoms with Gasteiger partial charge in [-0.05, 0) is 0 Å². The summed E-state index contributed by atoms with van der Waals surface area (Å²) in [7, 11) is 9.63. The molecule has 0 atom stereocenters. The van der Waals surface area contributed by atoms with E-state index in [0.717, 1.165) is 5.34 Å². The van der Waals surface area contributed by atoms with Gasteiger partial charge in [-0.2, -0.15) is 10.5 Å². The van der Waals surface area contributed by atoms with E-state index in [4.69, 9.17) is 39.7 Å². The molecule has 0 aliphatic carbocycles. The van der Waals surface area contributed by atoms with Crippen molar-refractivity contribution in [3.63, 3.8) is 0 Å². The Morgan fingerprint density at radius 2 is 1.33 bits per heavy atom. The molecular formula is C4H6Cl2N3O2Pd-. The predicted molar refractivity (Wildman–Crippen MR) is 43.4 cm³/mol. The van der Waals surface area contributed by atoms with Gasteiger partial charge < -0.3 is 10.1 Å². The third-order valence-corrected chi connectivity index (χ3v) is 0. The van der Waals surface area contributed by atoms with Crippen molar-refractivity contribution < 1.29 is 15.9 Å². The van der Waals surface area contributed by atoms with Gasteiger partial charge in [0.05, 0.1) is 12.1 Å². The normalized spacial score (nSPS) is 4.17. The van der Waals surface area contributed by atoms with E-state index in [1.165, 1.54) is 13.8 Å². The van der Waals surface area contributed by atoms with E-state index in [-0.39, 0.29) is 15.9 Å². The molecule has 0 radical (unpaired) electrons. The summed E-state index contributed by atoms with van der Waals surface area (Å²) >= 11 is -0.106. The van der Waals surface area contributed by atoms with Gasteiger partial charge in [-0.15, -0.1) is 5.34 Å². The maximum absolute atomic E-state index is 8.00. The van der Waals surface area contributed by atoms with Gasteiger partial charge in [0.2, 0.25) is 0 Å². The third-order valence-electron chi connectivity index (χ3n) is 0. The third kappa shape index (κ3) is 5020. The van der Waals surface area contributed by atoms with Crippen LogP contribution in [0.1, 0.15) is 13.8 Å². The molecule has 8 heteroatoms. The molecule has 0 aromatic heterocycles. The van der Waals surface area contributed by atoms with E-state index in [1.54, 1.807) is 12.1 Å². The summed E-state index contributed by atoms with van der Waals surface area (Å²) in [5.74, 6) is 0. The Balaban J connectivity index is -0.0000000356. The van der Waals surface area contributed by atoms with Crippen LogP contribution in [0.15, 0.2) is 5.34 Å². The number of nitrogens with zero attached hydrogens (tertiary/aromatic N) is 3. The van der Waals surface area contributed by atoms with Gasteiger partial charge in [0.25, 0.3) is 0 Å². The van der Waals surface area contributed by atoms with E-state index >= 15 is 0 Å². The average molecular weight is 305 g/mol. The summed E-state index contributed by atoms with van der Waals surface area (Å²) in [4.78, 5) is 8.00. The van der Waals surface area contributed by atoms with E-state index < -0.39 is 0 Å². The van der Waals surface area contributed by atoms with Gasteiger partial charge in [0.1, 0.15) is 0 Å². The van der Waals surface area contributed by atoms with Crippen LogP contribution in [0.25, 0.3) is 0 Å².